The highest BCUT2D eigenvalue weighted by molar-refractivity contribution is 9.10. The monoisotopic (exact) mass is 329 g/mol. The zero-order valence-corrected chi connectivity index (χ0v) is 12.1. The van der Waals surface area contributed by atoms with Gasteiger partial charge in [-0.05, 0) is 40.2 Å². The van der Waals surface area contributed by atoms with E-state index in [4.69, 9.17) is 17.3 Å². The van der Waals surface area contributed by atoms with Gasteiger partial charge in [0, 0.05) is 20.5 Å². The third-order valence-electron chi connectivity index (χ3n) is 2.23. The van der Waals surface area contributed by atoms with E-state index in [1.54, 1.807) is 11.8 Å². The van der Waals surface area contributed by atoms with Gasteiger partial charge in [-0.3, -0.25) is 5.73 Å². The summed E-state index contributed by atoms with van der Waals surface area (Å²) in [5.41, 5.74) is 5.86. The summed E-state index contributed by atoms with van der Waals surface area (Å²) in [5.74, 6) is 1.53. The van der Waals surface area contributed by atoms with Crippen LogP contribution in [-0.4, -0.2) is 0 Å². The van der Waals surface area contributed by atoms with Crippen LogP contribution in [0.3, 0.4) is 0 Å². The van der Waals surface area contributed by atoms with Gasteiger partial charge < -0.3 is 0 Å². The molecule has 5 heteroatoms. The Morgan fingerprint density at radius 1 is 1.29 bits per heavy atom. The second kappa shape index (κ2) is 5.76. The number of rotatable bonds is 3. The predicted molar refractivity (Wildman–Crippen MR) is 76.1 cm³/mol. The van der Waals surface area contributed by atoms with Gasteiger partial charge in [-0.2, -0.15) is 0 Å². The van der Waals surface area contributed by atoms with Gasteiger partial charge in [0.1, 0.15) is 5.88 Å². The number of nitrogens with zero attached hydrogens (tertiary/aromatic N) is 1. The molecule has 0 fully saturated rings. The summed E-state index contributed by atoms with van der Waals surface area (Å²) < 4.78 is 3.00. The van der Waals surface area contributed by atoms with Crippen molar-refractivity contribution >= 4 is 45.1 Å². The number of hydrogen-bond donors (Lipinski definition) is 1. The Kier molecular flexibility index (Phi) is 4.31. The Labute approximate surface area is 118 Å². The summed E-state index contributed by atoms with van der Waals surface area (Å²) in [6.07, 6.45) is 1.96. The largest absolute Gasteiger partial charge is 0.287 e. The van der Waals surface area contributed by atoms with Crippen LogP contribution in [0.5, 0.6) is 0 Å². The van der Waals surface area contributed by atoms with Crippen molar-refractivity contribution in [1.29, 1.82) is 0 Å². The van der Waals surface area contributed by atoms with Crippen LogP contribution in [0.15, 0.2) is 52.0 Å². The molecule has 1 aromatic carbocycles. The average molecular weight is 331 g/mol. The lowest BCUT2D eigenvalue weighted by molar-refractivity contribution is -0.661. The molecule has 2 rings (SSSR count). The Morgan fingerprint density at radius 2 is 2.12 bits per heavy atom. The summed E-state index contributed by atoms with van der Waals surface area (Å²) >= 11 is 11.1. The summed E-state index contributed by atoms with van der Waals surface area (Å²) in [6.45, 7) is 0. The minimum Gasteiger partial charge on any atom is -0.287 e. The number of halogens is 2. The second-order valence-electron chi connectivity index (χ2n) is 3.44. The lowest BCUT2D eigenvalue weighted by Gasteiger charge is -2.05. The molecule has 0 aliphatic rings. The first-order valence-corrected chi connectivity index (χ1v) is 7.14. The maximum atomic E-state index is 5.89. The van der Waals surface area contributed by atoms with Crippen LogP contribution in [0.4, 0.5) is 5.82 Å². The normalized spacial score (nSPS) is 10.5. The maximum absolute atomic E-state index is 5.89. The van der Waals surface area contributed by atoms with Gasteiger partial charge in [-0.25, -0.2) is 4.57 Å². The lowest BCUT2D eigenvalue weighted by Crippen LogP contribution is -2.34. The zero-order chi connectivity index (χ0) is 12.3. The topological polar surface area (TPSA) is 29.9 Å². The number of nitrogen functional groups attached to an aromatic ring is 1. The molecule has 1 heterocycles. The van der Waals surface area contributed by atoms with E-state index in [-0.39, 0.29) is 0 Å². The highest BCUT2D eigenvalue weighted by Gasteiger charge is 2.06. The Bertz CT molecular complexity index is 534. The molecule has 2 N–H and O–H groups in total. The van der Waals surface area contributed by atoms with Gasteiger partial charge in [0.15, 0.2) is 0 Å². The van der Waals surface area contributed by atoms with Crippen molar-refractivity contribution in [1.82, 2.24) is 0 Å². The van der Waals surface area contributed by atoms with Crippen molar-refractivity contribution in [3.8, 4) is 0 Å². The molecule has 0 amide bonds. The minimum atomic E-state index is 0.730. The fourth-order valence-electron chi connectivity index (χ4n) is 1.34. The Balaban J connectivity index is 2.10. The SMILES string of the molecule is Nc1cccc[n+]1CSc1ccc(Cl)cc1Br. The number of thioether (sulfide) groups is 1. The van der Waals surface area contributed by atoms with Gasteiger partial charge in [-0.1, -0.05) is 29.4 Å². The molecule has 2 aromatic rings. The van der Waals surface area contributed by atoms with E-state index in [0.717, 1.165) is 26.1 Å². The van der Waals surface area contributed by atoms with Gasteiger partial charge in [0.05, 0.1) is 6.20 Å². The standard InChI is InChI=1S/C12H10BrClN2S/c13-10-7-9(14)4-5-11(10)17-8-16-6-2-1-3-12(16)15/h1-7,15H,8H2/p+1. The van der Waals surface area contributed by atoms with E-state index < -0.39 is 0 Å². The van der Waals surface area contributed by atoms with E-state index in [1.807, 2.05) is 47.2 Å². The van der Waals surface area contributed by atoms with Crippen molar-refractivity contribution in [2.75, 3.05) is 5.73 Å². The Morgan fingerprint density at radius 3 is 2.82 bits per heavy atom. The molecular weight excluding hydrogens is 320 g/mol. The molecule has 0 bridgehead atoms. The quantitative estimate of drug-likeness (QED) is 0.686. The summed E-state index contributed by atoms with van der Waals surface area (Å²) in [5, 5.41) is 0.730. The first kappa shape index (κ1) is 12.7. The van der Waals surface area contributed by atoms with E-state index in [9.17, 15) is 0 Å². The van der Waals surface area contributed by atoms with Crippen LogP contribution in [0.1, 0.15) is 0 Å². The first-order valence-electron chi connectivity index (χ1n) is 4.98. The van der Waals surface area contributed by atoms with E-state index >= 15 is 0 Å². The number of aromatic nitrogens is 1. The molecule has 0 aliphatic carbocycles. The van der Waals surface area contributed by atoms with Gasteiger partial charge in [0.2, 0.25) is 0 Å². The molecule has 17 heavy (non-hydrogen) atoms. The Hall–Kier alpha value is -0.710. The molecule has 0 aliphatic heterocycles. The number of hydrogen-bond acceptors (Lipinski definition) is 2. The van der Waals surface area contributed by atoms with Gasteiger partial charge in [0.25, 0.3) is 5.82 Å². The van der Waals surface area contributed by atoms with Crippen molar-refractivity contribution in [3.05, 3.63) is 52.1 Å². The molecular formula is C12H11BrClN2S+. The first-order chi connectivity index (χ1) is 8.16. The van der Waals surface area contributed by atoms with E-state index in [0.29, 0.717) is 0 Å². The van der Waals surface area contributed by atoms with Crippen molar-refractivity contribution in [2.24, 2.45) is 0 Å². The summed E-state index contributed by atoms with van der Waals surface area (Å²) in [7, 11) is 0. The van der Waals surface area contributed by atoms with Crippen LogP contribution >= 0.6 is 39.3 Å². The van der Waals surface area contributed by atoms with Crippen molar-refractivity contribution in [3.63, 3.8) is 0 Å². The number of nitrogens with two attached hydrogens (primary N) is 1. The molecule has 0 radical (unpaired) electrons. The van der Waals surface area contributed by atoms with Gasteiger partial charge >= 0.3 is 0 Å². The summed E-state index contributed by atoms with van der Waals surface area (Å²) in [6, 6.07) is 11.5. The predicted octanol–water partition coefficient (Wildman–Crippen LogP) is 3.72. The van der Waals surface area contributed by atoms with Crippen LogP contribution in [0.25, 0.3) is 0 Å². The summed E-state index contributed by atoms with van der Waals surface area (Å²) in [4.78, 5) is 1.14. The molecule has 1 aromatic heterocycles. The van der Waals surface area contributed by atoms with E-state index in [2.05, 4.69) is 15.9 Å². The molecule has 0 saturated carbocycles. The molecule has 88 valence electrons. The molecule has 2 nitrogen and oxygen atoms in total. The maximum Gasteiger partial charge on any atom is 0.272 e. The number of anilines is 1. The van der Waals surface area contributed by atoms with Crippen LogP contribution in [-0.2, 0) is 5.88 Å². The van der Waals surface area contributed by atoms with Crippen LogP contribution < -0.4 is 10.3 Å². The lowest BCUT2D eigenvalue weighted by atomic mass is 10.4. The fourth-order valence-corrected chi connectivity index (χ4v) is 3.24. The molecule has 0 unspecified atom stereocenters. The fraction of sp³-hybridized carbons (Fsp3) is 0.0833. The van der Waals surface area contributed by atoms with Crippen molar-refractivity contribution in [2.45, 2.75) is 10.8 Å². The van der Waals surface area contributed by atoms with Gasteiger partial charge in [-0.15, -0.1) is 0 Å². The van der Waals surface area contributed by atoms with E-state index in [1.165, 1.54) is 0 Å². The second-order valence-corrected chi connectivity index (χ2v) is 5.72. The number of pyridine rings is 1. The highest BCUT2D eigenvalue weighted by atomic mass is 79.9. The van der Waals surface area contributed by atoms with Crippen LogP contribution in [0.2, 0.25) is 5.02 Å². The highest BCUT2D eigenvalue weighted by Crippen LogP contribution is 2.29. The minimum absolute atomic E-state index is 0.730. The smallest absolute Gasteiger partial charge is 0.272 e. The third-order valence-corrected chi connectivity index (χ3v) is 4.46. The third kappa shape index (κ3) is 3.37. The number of benzene rings is 1. The van der Waals surface area contributed by atoms with Crippen LogP contribution in [0, 0.1) is 0 Å². The van der Waals surface area contributed by atoms with Crippen molar-refractivity contribution < 1.29 is 4.57 Å². The zero-order valence-electron chi connectivity index (χ0n) is 8.94. The molecule has 0 spiro atoms. The molecule has 0 saturated heterocycles. The molecule has 0 atom stereocenters. The average Bonchev–Trinajstić information content (AvgIpc) is 2.30.